The first kappa shape index (κ1) is 17.7. The molecule has 2 aromatic rings. The van der Waals surface area contributed by atoms with Gasteiger partial charge in [0.25, 0.3) is 5.91 Å². The van der Waals surface area contributed by atoms with E-state index in [4.69, 9.17) is 9.52 Å². The van der Waals surface area contributed by atoms with E-state index in [1.54, 1.807) is 17.2 Å². The molecule has 142 valence electrons. The van der Waals surface area contributed by atoms with Gasteiger partial charge in [-0.25, -0.2) is 4.98 Å². The Labute approximate surface area is 157 Å². The van der Waals surface area contributed by atoms with Crippen LogP contribution >= 0.6 is 0 Å². The van der Waals surface area contributed by atoms with Crippen molar-refractivity contribution in [3.8, 4) is 0 Å². The van der Waals surface area contributed by atoms with Gasteiger partial charge in [0.05, 0.1) is 12.8 Å². The Morgan fingerprint density at radius 2 is 2.11 bits per heavy atom. The monoisotopic (exact) mass is 369 g/mol. The summed E-state index contributed by atoms with van der Waals surface area (Å²) in [6.07, 6.45) is 7.38. The number of aromatic nitrogens is 1. The summed E-state index contributed by atoms with van der Waals surface area (Å²) in [5.74, 6) is 0.344. The quantitative estimate of drug-likeness (QED) is 0.842. The smallest absolute Gasteiger partial charge is 0.251 e. The minimum atomic E-state index is -0.381. The molecule has 0 bridgehead atoms. The average Bonchev–Trinajstić information content (AvgIpc) is 3.41. The van der Waals surface area contributed by atoms with E-state index in [9.17, 15) is 9.59 Å². The van der Waals surface area contributed by atoms with Crippen molar-refractivity contribution in [3.05, 3.63) is 53.2 Å². The van der Waals surface area contributed by atoms with Crippen molar-refractivity contribution in [1.82, 2.24) is 15.2 Å². The molecule has 2 heterocycles. The summed E-state index contributed by atoms with van der Waals surface area (Å²) in [5.41, 5.74) is 2.45. The number of benzene rings is 1. The Bertz CT molecular complexity index is 828. The molecule has 0 radical (unpaired) electrons. The average molecular weight is 369 g/mol. The number of carbonyl (C=O) groups is 2. The molecule has 4 rings (SSSR count). The van der Waals surface area contributed by atoms with Crippen LogP contribution in [0.2, 0.25) is 0 Å². The van der Waals surface area contributed by atoms with Gasteiger partial charge in [0.2, 0.25) is 5.91 Å². The number of fused-ring (bicyclic) bond motifs is 1. The Kier molecular flexibility index (Phi) is 4.94. The third kappa shape index (κ3) is 3.47. The second kappa shape index (κ2) is 7.52. The van der Waals surface area contributed by atoms with Crippen molar-refractivity contribution >= 4 is 11.8 Å². The number of amides is 2. The zero-order chi connectivity index (χ0) is 18.8. The summed E-state index contributed by atoms with van der Waals surface area (Å²) in [7, 11) is 0. The number of rotatable bonds is 5. The zero-order valence-electron chi connectivity index (χ0n) is 15.1. The van der Waals surface area contributed by atoms with E-state index >= 15 is 0 Å². The van der Waals surface area contributed by atoms with Crippen LogP contribution in [0.25, 0.3) is 0 Å². The summed E-state index contributed by atoms with van der Waals surface area (Å²) in [6, 6.07) is 5.42. The Balaban J connectivity index is 1.61. The normalized spacial score (nSPS) is 19.3. The first-order valence-electron chi connectivity index (χ1n) is 9.40. The number of nitrogens with one attached hydrogen (secondary N) is 1. The molecule has 1 saturated carbocycles. The standard InChI is InChI=1S/C20H23N3O4/c24-8-7-18(25)23-11-14-9-13(20(26)22-15-3-1-2-4-15)5-6-16(14)19(23)17-10-21-12-27-17/h5-6,9-10,12,15,19,24H,1-4,7-8,11H2,(H,22,26). The van der Waals surface area contributed by atoms with Crippen LogP contribution in [0.5, 0.6) is 0 Å². The van der Waals surface area contributed by atoms with E-state index in [0.29, 0.717) is 17.9 Å². The molecule has 2 amide bonds. The zero-order valence-corrected chi connectivity index (χ0v) is 15.1. The van der Waals surface area contributed by atoms with Crippen molar-refractivity contribution in [2.75, 3.05) is 6.61 Å². The molecule has 7 nitrogen and oxygen atoms in total. The van der Waals surface area contributed by atoms with E-state index in [1.807, 2.05) is 12.1 Å². The minimum Gasteiger partial charge on any atom is -0.446 e. The third-order valence-corrected chi connectivity index (χ3v) is 5.41. The summed E-state index contributed by atoms with van der Waals surface area (Å²) in [6.45, 7) is 0.175. The predicted octanol–water partition coefficient (Wildman–Crippen LogP) is 2.16. The summed E-state index contributed by atoms with van der Waals surface area (Å²) in [4.78, 5) is 30.7. The SMILES string of the molecule is O=C(NC1CCCC1)c1ccc2c(c1)CN(C(=O)CCO)C2c1cnco1. The second-order valence-electron chi connectivity index (χ2n) is 7.17. The van der Waals surface area contributed by atoms with Crippen molar-refractivity contribution in [3.63, 3.8) is 0 Å². The van der Waals surface area contributed by atoms with Crippen LogP contribution in [-0.4, -0.2) is 39.5 Å². The first-order valence-corrected chi connectivity index (χ1v) is 9.40. The lowest BCUT2D eigenvalue weighted by Gasteiger charge is -2.23. The van der Waals surface area contributed by atoms with Gasteiger partial charge in [0, 0.05) is 24.6 Å². The molecule has 2 N–H and O–H groups in total. The first-order chi connectivity index (χ1) is 13.2. The predicted molar refractivity (Wildman–Crippen MR) is 96.8 cm³/mol. The lowest BCUT2D eigenvalue weighted by molar-refractivity contribution is -0.133. The Morgan fingerprint density at radius 1 is 1.30 bits per heavy atom. The van der Waals surface area contributed by atoms with Gasteiger partial charge in [0.15, 0.2) is 12.2 Å². The number of nitrogens with zero attached hydrogens (tertiary/aromatic N) is 2. The molecule has 1 atom stereocenters. The lowest BCUT2D eigenvalue weighted by Crippen LogP contribution is -2.32. The lowest BCUT2D eigenvalue weighted by atomic mass is 10.00. The molecule has 1 aliphatic heterocycles. The molecule has 1 aromatic heterocycles. The highest BCUT2D eigenvalue weighted by Crippen LogP contribution is 2.39. The van der Waals surface area contributed by atoms with Crippen molar-refractivity contribution < 1.29 is 19.1 Å². The van der Waals surface area contributed by atoms with E-state index < -0.39 is 0 Å². The van der Waals surface area contributed by atoms with Crippen LogP contribution < -0.4 is 5.32 Å². The van der Waals surface area contributed by atoms with Crippen LogP contribution in [0.15, 0.2) is 35.2 Å². The largest absolute Gasteiger partial charge is 0.446 e. The van der Waals surface area contributed by atoms with Crippen molar-refractivity contribution in [1.29, 1.82) is 0 Å². The highest BCUT2D eigenvalue weighted by Gasteiger charge is 2.36. The fourth-order valence-corrected chi connectivity index (χ4v) is 4.07. The van der Waals surface area contributed by atoms with Gasteiger partial charge in [0.1, 0.15) is 6.04 Å². The Hall–Kier alpha value is -2.67. The molecule has 0 spiro atoms. The summed E-state index contributed by atoms with van der Waals surface area (Å²) < 4.78 is 5.45. The van der Waals surface area contributed by atoms with Gasteiger partial charge in [-0.05, 0) is 36.1 Å². The van der Waals surface area contributed by atoms with E-state index in [0.717, 1.165) is 36.8 Å². The molecule has 1 aliphatic carbocycles. The van der Waals surface area contributed by atoms with Gasteiger partial charge < -0.3 is 19.7 Å². The molecule has 2 aliphatic rings. The fraction of sp³-hybridized carbons (Fsp3) is 0.450. The molecule has 0 saturated heterocycles. The Morgan fingerprint density at radius 3 is 2.81 bits per heavy atom. The number of carbonyl (C=O) groups excluding carboxylic acids is 2. The van der Waals surface area contributed by atoms with E-state index in [-0.39, 0.29) is 36.9 Å². The highest BCUT2D eigenvalue weighted by molar-refractivity contribution is 5.95. The summed E-state index contributed by atoms with van der Waals surface area (Å²) >= 11 is 0. The number of hydrogen-bond acceptors (Lipinski definition) is 5. The van der Waals surface area contributed by atoms with Gasteiger partial charge in [-0.1, -0.05) is 18.9 Å². The van der Waals surface area contributed by atoms with Crippen LogP contribution in [0.1, 0.15) is 65.4 Å². The van der Waals surface area contributed by atoms with Gasteiger partial charge in [-0.3, -0.25) is 9.59 Å². The van der Waals surface area contributed by atoms with Crippen LogP contribution in [0.4, 0.5) is 0 Å². The van der Waals surface area contributed by atoms with Gasteiger partial charge in [-0.15, -0.1) is 0 Å². The number of aliphatic hydroxyl groups excluding tert-OH is 1. The fourth-order valence-electron chi connectivity index (χ4n) is 4.07. The molecule has 1 unspecified atom stereocenters. The molecular formula is C20H23N3O4. The maximum Gasteiger partial charge on any atom is 0.251 e. The van der Waals surface area contributed by atoms with Crippen LogP contribution in [-0.2, 0) is 11.3 Å². The number of aliphatic hydroxyl groups is 1. The summed E-state index contributed by atoms with van der Waals surface area (Å²) in [5, 5.41) is 12.2. The van der Waals surface area contributed by atoms with Crippen LogP contribution in [0, 0.1) is 0 Å². The molecule has 1 aromatic carbocycles. The maximum absolute atomic E-state index is 12.6. The highest BCUT2D eigenvalue weighted by atomic mass is 16.3. The van der Waals surface area contributed by atoms with Crippen LogP contribution in [0.3, 0.4) is 0 Å². The molecule has 1 fully saturated rings. The molecule has 27 heavy (non-hydrogen) atoms. The van der Waals surface area contributed by atoms with Crippen molar-refractivity contribution in [2.24, 2.45) is 0 Å². The van der Waals surface area contributed by atoms with Crippen molar-refractivity contribution in [2.45, 2.75) is 50.7 Å². The number of oxazole rings is 1. The minimum absolute atomic E-state index is 0.0493. The maximum atomic E-state index is 12.6. The topological polar surface area (TPSA) is 95.7 Å². The van der Waals surface area contributed by atoms with E-state index in [1.165, 1.54) is 6.39 Å². The third-order valence-electron chi connectivity index (χ3n) is 5.41. The van der Waals surface area contributed by atoms with Gasteiger partial charge >= 0.3 is 0 Å². The molecule has 7 heteroatoms. The second-order valence-corrected chi connectivity index (χ2v) is 7.17. The molecular weight excluding hydrogens is 346 g/mol. The van der Waals surface area contributed by atoms with E-state index in [2.05, 4.69) is 10.3 Å². The van der Waals surface area contributed by atoms with Gasteiger partial charge in [-0.2, -0.15) is 0 Å². The number of hydrogen-bond donors (Lipinski definition) is 2.